The molecule has 0 saturated heterocycles. The Morgan fingerprint density at radius 1 is 0.842 bits per heavy atom. The zero-order valence-electron chi connectivity index (χ0n) is 11.1. The van der Waals surface area contributed by atoms with Crippen molar-refractivity contribution < 1.29 is 0 Å². The average Bonchev–Trinajstić information content (AvgIpc) is 2.36. The highest BCUT2D eigenvalue weighted by Crippen LogP contribution is 2.37. The van der Waals surface area contributed by atoms with Crippen LogP contribution in [0.15, 0.2) is 39.3 Å². The van der Waals surface area contributed by atoms with Gasteiger partial charge in [-0.3, -0.25) is 0 Å². The zero-order chi connectivity index (χ0) is 14.2. The van der Waals surface area contributed by atoms with E-state index in [2.05, 4.69) is 83.0 Å². The van der Waals surface area contributed by atoms with Gasteiger partial charge in [-0.05, 0) is 60.7 Å². The van der Waals surface area contributed by atoms with Gasteiger partial charge < -0.3 is 0 Å². The molecule has 0 aliphatic rings. The monoisotopic (exact) mass is 400 g/mol. The molecule has 1 unspecified atom stereocenters. The summed E-state index contributed by atoms with van der Waals surface area (Å²) in [5.74, 6) is 0. The lowest BCUT2D eigenvalue weighted by atomic mass is 9.99. The molecule has 0 saturated carbocycles. The van der Waals surface area contributed by atoms with E-state index < -0.39 is 0 Å². The first kappa shape index (κ1) is 15.1. The molecule has 19 heavy (non-hydrogen) atoms. The van der Waals surface area contributed by atoms with E-state index in [0.29, 0.717) is 0 Å². The Hall–Kier alpha value is -0.310. The summed E-state index contributed by atoms with van der Waals surface area (Å²) in [7, 11) is 0. The minimum Gasteiger partial charge on any atom is -0.113 e. The molecule has 0 spiro atoms. The molecular weight excluding hydrogens is 387 g/mol. The van der Waals surface area contributed by atoms with Gasteiger partial charge in [0.2, 0.25) is 0 Å². The third-order valence-electron chi connectivity index (χ3n) is 3.37. The van der Waals surface area contributed by atoms with Crippen molar-refractivity contribution in [2.45, 2.75) is 26.1 Å². The van der Waals surface area contributed by atoms with Gasteiger partial charge in [-0.15, -0.1) is 11.6 Å². The average molecular weight is 403 g/mol. The molecule has 0 heterocycles. The lowest BCUT2D eigenvalue weighted by Crippen LogP contribution is -1.97. The number of hydrogen-bond donors (Lipinski definition) is 0. The largest absolute Gasteiger partial charge is 0.113 e. The van der Waals surface area contributed by atoms with Gasteiger partial charge in [0, 0.05) is 8.95 Å². The van der Waals surface area contributed by atoms with E-state index in [1.807, 2.05) is 0 Å². The van der Waals surface area contributed by atoms with Crippen molar-refractivity contribution in [2.75, 3.05) is 0 Å². The van der Waals surface area contributed by atoms with Crippen LogP contribution in [0.2, 0.25) is 0 Å². The second kappa shape index (κ2) is 5.99. The Balaban J connectivity index is 2.46. The Morgan fingerprint density at radius 3 is 2.16 bits per heavy atom. The summed E-state index contributed by atoms with van der Waals surface area (Å²) >= 11 is 13.8. The van der Waals surface area contributed by atoms with Crippen LogP contribution in [0.25, 0.3) is 0 Å². The molecule has 0 aromatic heterocycles. The molecule has 2 aromatic rings. The first-order valence-electron chi connectivity index (χ1n) is 6.07. The van der Waals surface area contributed by atoms with Crippen LogP contribution in [-0.2, 0) is 0 Å². The van der Waals surface area contributed by atoms with E-state index in [4.69, 9.17) is 11.6 Å². The highest BCUT2D eigenvalue weighted by atomic mass is 79.9. The number of rotatable bonds is 2. The lowest BCUT2D eigenvalue weighted by Gasteiger charge is -2.15. The summed E-state index contributed by atoms with van der Waals surface area (Å²) in [6.45, 7) is 6.29. The van der Waals surface area contributed by atoms with Crippen molar-refractivity contribution in [3.8, 4) is 0 Å². The fraction of sp³-hybridized carbons (Fsp3) is 0.250. The molecule has 3 heteroatoms. The number of aryl methyl sites for hydroxylation is 3. The topological polar surface area (TPSA) is 0 Å². The standard InChI is InChI=1S/C16H15Br2Cl/c1-9-4-5-12(6-10(9)2)16(19)13-8-14(17)11(3)7-15(13)18/h4-8,16H,1-3H3. The van der Waals surface area contributed by atoms with Gasteiger partial charge in [0.05, 0.1) is 5.38 Å². The quantitative estimate of drug-likeness (QED) is 0.505. The molecule has 0 aliphatic carbocycles. The molecule has 2 aromatic carbocycles. The Morgan fingerprint density at radius 2 is 1.53 bits per heavy atom. The predicted molar refractivity (Wildman–Crippen MR) is 90.2 cm³/mol. The van der Waals surface area contributed by atoms with Gasteiger partial charge >= 0.3 is 0 Å². The second-order valence-corrected chi connectivity index (χ2v) is 6.97. The van der Waals surface area contributed by atoms with Crippen LogP contribution in [0.5, 0.6) is 0 Å². The van der Waals surface area contributed by atoms with Crippen LogP contribution < -0.4 is 0 Å². The fourth-order valence-electron chi connectivity index (χ4n) is 1.96. The summed E-state index contributed by atoms with van der Waals surface area (Å²) in [5, 5.41) is -0.148. The summed E-state index contributed by atoms with van der Waals surface area (Å²) in [6.07, 6.45) is 0. The predicted octanol–water partition coefficient (Wildman–Crippen LogP) is 6.47. The molecule has 0 nitrogen and oxygen atoms in total. The van der Waals surface area contributed by atoms with Crippen LogP contribution >= 0.6 is 43.5 Å². The number of benzene rings is 2. The smallest absolute Gasteiger partial charge is 0.0846 e. The number of hydrogen-bond acceptors (Lipinski definition) is 0. The molecule has 0 N–H and O–H groups in total. The maximum absolute atomic E-state index is 6.63. The Bertz CT molecular complexity index is 620. The molecule has 0 aliphatic heterocycles. The van der Waals surface area contributed by atoms with E-state index in [1.54, 1.807) is 0 Å². The van der Waals surface area contributed by atoms with Crippen molar-refractivity contribution >= 4 is 43.5 Å². The summed E-state index contributed by atoms with van der Waals surface area (Å²) in [5.41, 5.74) is 5.96. The van der Waals surface area contributed by atoms with Crippen LogP contribution in [0, 0.1) is 20.8 Å². The first-order valence-corrected chi connectivity index (χ1v) is 8.09. The molecule has 100 valence electrons. The van der Waals surface area contributed by atoms with E-state index in [-0.39, 0.29) is 5.38 Å². The van der Waals surface area contributed by atoms with Gasteiger partial charge in [-0.1, -0.05) is 50.1 Å². The van der Waals surface area contributed by atoms with Gasteiger partial charge in [0.15, 0.2) is 0 Å². The molecule has 2 rings (SSSR count). The maximum Gasteiger partial charge on any atom is 0.0846 e. The molecule has 1 atom stereocenters. The minimum atomic E-state index is -0.148. The highest BCUT2D eigenvalue weighted by Gasteiger charge is 2.16. The van der Waals surface area contributed by atoms with Crippen molar-refractivity contribution in [2.24, 2.45) is 0 Å². The van der Waals surface area contributed by atoms with Crippen LogP contribution in [0.3, 0.4) is 0 Å². The lowest BCUT2D eigenvalue weighted by molar-refractivity contribution is 1.10. The van der Waals surface area contributed by atoms with Crippen molar-refractivity contribution in [3.05, 3.63) is 67.1 Å². The number of alkyl halides is 1. The van der Waals surface area contributed by atoms with E-state index in [9.17, 15) is 0 Å². The maximum atomic E-state index is 6.63. The summed E-state index contributed by atoms with van der Waals surface area (Å²) < 4.78 is 2.13. The molecule has 0 amide bonds. The number of halogens is 3. The van der Waals surface area contributed by atoms with E-state index in [1.165, 1.54) is 16.7 Å². The fourth-order valence-corrected chi connectivity index (χ4v) is 3.45. The minimum absolute atomic E-state index is 0.148. The third kappa shape index (κ3) is 3.24. The summed E-state index contributed by atoms with van der Waals surface area (Å²) in [4.78, 5) is 0. The third-order valence-corrected chi connectivity index (χ3v) is 5.40. The second-order valence-electron chi connectivity index (χ2n) is 4.83. The van der Waals surface area contributed by atoms with E-state index >= 15 is 0 Å². The van der Waals surface area contributed by atoms with Gasteiger partial charge in [-0.25, -0.2) is 0 Å². The van der Waals surface area contributed by atoms with Gasteiger partial charge in [0.25, 0.3) is 0 Å². The van der Waals surface area contributed by atoms with Crippen LogP contribution in [0.1, 0.15) is 33.2 Å². The van der Waals surface area contributed by atoms with E-state index in [0.717, 1.165) is 20.1 Å². The highest BCUT2D eigenvalue weighted by molar-refractivity contribution is 9.11. The van der Waals surface area contributed by atoms with Crippen LogP contribution in [0.4, 0.5) is 0 Å². The normalized spacial score (nSPS) is 12.5. The van der Waals surface area contributed by atoms with Gasteiger partial charge in [-0.2, -0.15) is 0 Å². The van der Waals surface area contributed by atoms with Crippen molar-refractivity contribution in [3.63, 3.8) is 0 Å². The molecule has 0 fully saturated rings. The molecule has 0 bridgehead atoms. The Kier molecular flexibility index (Phi) is 4.75. The first-order chi connectivity index (χ1) is 8.90. The van der Waals surface area contributed by atoms with Crippen LogP contribution in [-0.4, -0.2) is 0 Å². The molecular formula is C16H15Br2Cl. The Labute approximate surface area is 136 Å². The molecule has 0 radical (unpaired) electrons. The SMILES string of the molecule is Cc1ccc(C(Cl)c2cc(Br)c(C)cc2Br)cc1C. The van der Waals surface area contributed by atoms with Crippen molar-refractivity contribution in [1.29, 1.82) is 0 Å². The van der Waals surface area contributed by atoms with Crippen molar-refractivity contribution in [1.82, 2.24) is 0 Å². The zero-order valence-corrected chi connectivity index (χ0v) is 15.0. The van der Waals surface area contributed by atoms with Gasteiger partial charge in [0.1, 0.15) is 0 Å². The summed E-state index contributed by atoms with van der Waals surface area (Å²) in [6, 6.07) is 10.6.